The highest BCUT2D eigenvalue weighted by Gasteiger charge is 2.38. The molecule has 0 unspecified atom stereocenters. The number of nitrogens with one attached hydrogen (secondary N) is 1. The van der Waals surface area contributed by atoms with E-state index in [1.807, 2.05) is 0 Å². The minimum atomic E-state index is -4.93. The molecule has 1 rings (SSSR count). The van der Waals surface area contributed by atoms with Gasteiger partial charge in [0, 0.05) is 11.4 Å². The predicted molar refractivity (Wildman–Crippen MR) is 53.9 cm³/mol. The van der Waals surface area contributed by atoms with Crippen molar-refractivity contribution in [1.29, 1.82) is 0 Å². The van der Waals surface area contributed by atoms with Gasteiger partial charge in [-0.1, -0.05) is 0 Å². The molecular formula is C9H8F3NO3S. The topological polar surface area (TPSA) is 66.4 Å². The smallest absolute Gasteiger partial charge is 0.471 e. The van der Waals surface area contributed by atoms with Gasteiger partial charge in [-0.2, -0.15) is 13.2 Å². The molecule has 0 spiro atoms. The molecule has 8 heteroatoms. The number of carbonyl (C=O) groups is 2. The summed E-state index contributed by atoms with van der Waals surface area (Å²) in [4.78, 5) is 21.7. The molecule has 0 aromatic carbocycles. The van der Waals surface area contributed by atoms with Crippen molar-refractivity contribution >= 4 is 23.2 Å². The fourth-order valence-corrected chi connectivity index (χ4v) is 1.96. The lowest BCUT2D eigenvalue weighted by atomic mass is 10.2. The van der Waals surface area contributed by atoms with Gasteiger partial charge < -0.3 is 10.4 Å². The van der Waals surface area contributed by atoms with Crippen LogP contribution in [-0.4, -0.2) is 23.2 Å². The number of carboxylic acid groups (broad SMARTS) is 1. The molecule has 1 aromatic heterocycles. The lowest BCUT2D eigenvalue weighted by molar-refractivity contribution is -0.173. The lowest BCUT2D eigenvalue weighted by Crippen LogP contribution is -2.36. The van der Waals surface area contributed by atoms with E-state index in [1.54, 1.807) is 12.2 Å². The number of aromatic carboxylic acids is 1. The Labute approximate surface area is 98.1 Å². The Bertz CT molecular complexity index is 453. The van der Waals surface area contributed by atoms with Crippen LogP contribution in [0.25, 0.3) is 0 Å². The summed E-state index contributed by atoms with van der Waals surface area (Å²) in [6, 6.07) is 1.25. The Morgan fingerprint density at radius 1 is 1.47 bits per heavy atom. The molecule has 4 nitrogen and oxygen atoms in total. The summed E-state index contributed by atoms with van der Waals surface area (Å²) in [6.07, 6.45) is -4.93. The Morgan fingerprint density at radius 3 is 2.47 bits per heavy atom. The second-order valence-corrected chi connectivity index (χ2v) is 4.43. The first-order chi connectivity index (χ1) is 7.71. The minimum Gasteiger partial charge on any atom is -0.477 e. The molecule has 0 radical (unpaired) electrons. The Balaban J connectivity index is 2.70. The van der Waals surface area contributed by atoms with Gasteiger partial charge in [0.2, 0.25) is 0 Å². The van der Waals surface area contributed by atoms with Crippen molar-refractivity contribution in [3.63, 3.8) is 0 Å². The van der Waals surface area contributed by atoms with Crippen molar-refractivity contribution in [1.82, 2.24) is 5.32 Å². The van der Waals surface area contributed by atoms with Gasteiger partial charge in [-0.05, 0) is 18.6 Å². The number of carbonyl (C=O) groups excluding carboxylic acids is 1. The summed E-state index contributed by atoms with van der Waals surface area (Å²) in [5.41, 5.74) is 0.366. The third kappa shape index (κ3) is 3.45. The van der Waals surface area contributed by atoms with Crippen LogP contribution in [0.15, 0.2) is 6.07 Å². The quantitative estimate of drug-likeness (QED) is 0.879. The number of carboxylic acids is 1. The third-order valence-electron chi connectivity index (χ3n) is 1.93. The molecule has 0 bridgehead atoms. The van der Waals surface area contributed by atoms with E-state index in [0.29, 0.717) is 10.4 Å². The van der Waals surface area contributed by atoms with Crippen LogP contribution in [0.1, 0.15) is 20.1 Å². The summed E-state index contributed by atoms with van der Waals surface area (Å²) < 4.78 is 35.6. The number of hydrogen-bond donors (Lipinski definition) is 2. The number of amides is 1. The van der Waals surface area contributed by atoms with Crippen LogP contribution in [0.2, 0.25) is 0 Å². The van der Waals surface area contributed by atoms with E-state index in [2.05, 4.69) is 0 Å². The van der Waals surface area contributed by atoms with E-state index >= 15 is 0 Å². The van der Waals surface area contributed by atoms with E-state index in [9.17, 15) is 22.8 Å². The van der Waals surface area contributed by atoms with Crippen LogP contribution in [0.4, 0.5) is 13.2 Å². The van der Waals surface area contributed by atoms with E-state index in [0.717, 1.165) is 11.3 Å². The molecule has 1 amide bonds. The zero-order valence-electron chi connectivity index (χ0n) is 8.59. The van der Waals surface area contributed by atoms with Crippen LogP contribution in [-0.2, 0) is 11.3 Å². The van der Waals surface area contributed by atoms with Gasteiger partial charge in [-0.3, -0.25) is 4.79 Å². The molecular weight excluding hydrogens is 259 g/mol. The van der Waals surface area contributed by atoms with E-state index < -0.39 is 18.1 Å². The number of alkyl halides is 3. The number of thiophene rings is 1. The number of hydrogen-bond acceptors (Lipinski definition) is 3. The van der Waals surface area contributed by atoms with Crippen molar-refractivity contribution in [3.05, 3.63) is 21.4 Å². The first-order valence-electron chi connectivity index (χ1n) is 4.39. The summed E-state index contributed by atoms with van der Waals surface area (Å²) in [7, 11) is 0. The fraction of sp³-hybridized carbons (Fsp3) is 0.333. The van der Waals surface area contributed by atoms with Crippen molar-refractivity contribution in [3.8, 4) is 0 Å². The Kier molecular flexibility index (Phi) is 3.76. The molecule has 94 valence electrons. The van der Waals surface area contributed by atoms with Gasteiger partial charge in [0.1, 0.15) is 4.88 Å². The zero-order chi connectivity index (χ0) is 13.2. The van der Waals surface area contributed by atoms with Gasteiger partial charge >= 0.3 is 18.1 Å². The first-order valence-corrected chi connectivity index (χ1v) is 5.21. The van der Waals surface area contributed by atoms with Gasteiger partial charge in [-0.25, -0.2) is 4.79 Å². The van der Waals surface area contributed by atoms with Crippen molar-refractivity contribution in [2.24, 2.45) is 0 Å². The van der Waals surface area contributed by atoms with Gasteiger partial charge in [-0.15, -0.1) is 11.3 Å². The van der Waals surface area contributed by atoms with Crippen LogP contribution in [0.5, 0.6) is 0 Å². The lowest BCUT2D eigenvalue weighted by Gasteiger charge is -2.07. The average Bonchev–Trinajstić information content (AvgIpc) is 2.55. The van der Waals surface area contributed by atoms with Crippen LogP contribution < -0.4 is 5.32 Å². The molecule has 1 heterocycles. The Hall–Kier alpha value is -1.57. The maximum Gasteiger partial charge on any atom is 0.471 e. The highest BCUT2D eigenvalue weighted by Crippen LogP contribution is 2.22. The van der Waals surface area contributed by atoms with E-state index in [-0.39, 0.29) is 11.4 Å². The molecule has 0 saturated heterocycles. The highest BCUT2D eigenvalue weighted by atomic mass is 32.1. The highest BCUT2D eigenvalue weighted by molar-refractivity contribution is 7.14. The fourth-order valence-electron chi connectivity index (χ4n) is 1.08. The normalized spacial score (nSPS) is 11.3. The number of aryl methyl sites for hydroxylation is 1. The van der Waals surface area contributed by atoms with E-state index in [4.69, 9.17) is 5.11 Å². The largest absolute Gasteiger partial charge is 0.477 e. The molecule has 0 aliphatic heterocycles. The van der Waals surface area contributed by atoms with E-state index in [1.165, 1.54) is 6.07 Å². The van der Waals surface area contributed by atoms with Crippen molar-refractivity contribution in [2.45, 2.75) is 19.6 Å². The summed E-state index contributed by atoms with van der Waals surface area (Å²) >= 11 is 0.950. The Morgan fingerprint density at radius 2 is 2.06 bits per heavy atom. The van der Waals surface area contributed by atoms with Crippen molar-refractivity contribution < 1.29 is 27.9 Å². The molecule has 0 saturated carbocycles. The summed E-state index contributed by atoms with van der Waals surface area (Å²) in [5.74, 6) is -3.19. The molecule has 1 aromatic rings. The van der Waals surface area contributed by atoms with Crippen LogP contribution in [0, 0.1) is 6.92 Å². The monoisotopic (exact) mass is 267 g/mol. The van der Waals surface area contributed by atoms with Gasteiger partial charge in [0.15, 0.2) is 0 Å². The van der Waals surface area contributed by atoms with Gasteiger partial charge in [0.05, 0.1) is 0 Å². The molecule has 17 heavy (non-hydrogen) atoms. The molecule has 0 atom stereocenters. The van der Waals surface area contributed by atoms with Crippen LogP contribution in [0.3, 0.4) is 0 Å². The van der Waals surface area contributed by atoms with Gasteiger partial charge in [0.25, 0.3) is 0 Å². The minimum absolute atomic E-state index is 0.0266. The maximum atomic E-state index is 11.9. The molecule has 0 fully saturated rings. The zero-order valence-corrected chi connectivity index (χ0v) is 9.41. The van der Waals surface area contributed by atoms with Crippen LogP contribution >= 0.6 is 11.3 Å². The second kappa shape index (κ2) is 4.74. The second-order valence-electron chi connectivity index (χ2n) is 3.18. The number of rotatable bonds is 3. The molecule has 2 N–H and O–H groups in total. The summed E-state index contributed by atoms with van der Waals surface area (Å²) in [6.45, 7) is 1.24. The first kappa shape index (κ1) is 13.5. The SMILES string of the molecule is Cc1sc(C(=O)O)cc1CNC(=O)C(F)(F)F. The standard InChI is InChI=1S/C9H8F3NO3S/c1-4-5(2-6(17-4)7(14)15)3-13-8(16)9(10,11)12/h2H,3H2,1H3,(H,13,16)(H,14,15). The predicted octanol–water partition coefficient (Wildman–Crippen LogP) is 1.93. The average molecular weight is 267 g/mol. The maximum absolute atomic E-state index is 11.9. The number of halogens is 3. The summed E-state index contributed by atoms with van der Waals surface area (Å²) in [5, 5.41) is 10.4. The molecule has 0 aliphatic rings. The molecule has 0 aliphatic carbocycles. The third-order valence-corrected chi connectivity index (χ3v) is 3.01. The van der Waals surface area contributed by atoms with Crippen molar-refractivity contribution in [2.75, 3.05) is 0 Å².